The van der Waals surface area contributed by atoms with Crippen LogP contribution < -0.4 is 5.32 Å². The molecule has 0 fully saturated rings. The first-order valence-corrected chi connectivity index (χ1v) is 5.89. The van der Waals surface area contributed by atoms with E-state index < -0.39 is 0 Å². The van der Waals surface area contributed by atoms with Gasteiger partial charge in [0.2, 0.25) is 0 Å². The van der Waals surface area contributed by atoms with Gasteiger partial charge in [0.1, 0.15) is 5.82 Å². The summed E-state index contributed by atoms with van der Waals surface area (Å²) in [5.74, 6) is -0.121. The predicted octanol–water partition coefficient (Wildman–Crippen LogP) is 2.12. The molecule has 2 N–H and O–H groups in total. The second-order valence-corrected chi connectivity index (χ2v) is 3.88. The van der Waals surface area contributed by atoms with Crippen molar-refractivity contribution in [1.29, 1.82) is 0 Å². The maximum absolute atomic E-state index is 13.2. The molecule has 0 aromatic heterocycles. The van der Waals surface area contributed by atoms with Crippen molar-refractivity contribution < 1.29 is 9.50 Å². The number of halogens is 1. The highest BCUT2D eigenvalue weighted by Crippen LogP contribution is 2.06. The fraction of sp³-hybridized carbons (Fsp3) is 0.538. The molecule has 0 unspecified atom stereocenters. The lowest BCUT2D eigenvalue weighted by atomic mass is 10.1. The zero-order chi connectivity index (χ0) is 11.6. The lowest BCUT2D eigenvalue weighted by Crippen LogP contribution is -2.18. The highest BCUT2D eigenvalue weighted by molar-refractivity contribution is 5.17. The molecule has 90 valence electrons. The van der Waals surface area contributed by atoms with Crippen LogP contribution in [0.15, 0.2) is 24.3 Å². The highest BCUT2D eigenvalue weighted by Gasteiger charge is 1.99. The fourth-order valence-electron chi connectivity index (χ4n) is 1.59. The van der Waals surface area contributed by atoms with Gasteiger partial charge in [-0.2, -0.15) is 0 Å². The van der Waals surface area contributed by atoms with Crippen LogP contribution in [0.1, 0.15) is 24.8 Å². The summed E-state index contributed by atoms with van der Waals surface area (Å²) in [6.07, 6.45) is 3.71. The zero-order valence-corrected chi connectivity index (χ0v) is 9.58. The van der Waals surface area contributed by atoms with Gasteiger partial charge in [-0.05, 0) is 50.4 Å². The number of benzene rings is 1. The first-order chi connectivity index (χ1) is 7.84. The molecule has 0 aliphatic carbocycles. The Kier molecular flexibility index (Phi) is 6.77. The van der Waals surface area contributed by atoms with Crippen molar-refractivity contribution in [3.05, 3.63) is 35.6 Å². The van der Waals surface area contributed by atoms with Crippen molar-refractivity contribution >= 4 is 0 Å². The Morgan fingerprint density at radius 1 is 1.06 bits per heavy atom. The third kappa shape index (κ3) is 5.24. The molecule has 1 rings (SSSR count). The minimum Gasteiger partial charge on any atom is -0.396 e. The van der Waals surface area contributed by atoms with Gasteiger partial charge in [-0.25, -0.2) is 4.39 Å². The van der Waals surface area contributed by atoms with Gasteiger partial charge in [0.05, 0.1) is 0 Å². The standard InChI is InChI=1S/C13H20FNO/c14-13-7-3-2-6-12(13)8-10-15-9-4-1-5-11-16/h2-3,6-7,15-16H,1,4-5,8-11H2. The van der Waals surface area contributed by atoms with Gasteiger partial charge in [0.25, 0.3) is 0 Å². The Morgan fingerprint density at radius 3 is 2.62 bits per heavy atom. The predicted molar refractivity (Wildman–Crippen MR) is 63.9 cm³/mol. The SMILES string of the molecule is OCCCCCNCCc1ccccc1F. The monoisotopic (exact) mass is 225 g/mol. The summed E-state index contributed by atoms with van der Waals surface area (Å²) < 4.78 is 13.2. The summed E-state index contributed by atoms with van der Waals surface area (Å²) in [5, 5.41) is 11.9. The number of hydrogen-bond donors (Lipinski definition) is 2. The van der Waals surface area contributed by atoms with Crippen LogP contribution in [0.4, 0.5) is 4.39 Å². The smallest absolute Gasteiger partial charge is 0.126 e. The molecule has 2 nitrogen and oxygen atoms in total. The van der Waals surface area contributed by atoms with E-state index in [0.29, 0.717) is 0 Å². The van der Waals surface area contributed by atoms with Crippen LogP contribution in [0.5, 0.6) is 0 Å². The van der Waals surface area contributed by atoms with E-state index >= 15 is 0 Å². The lowest BCUT2D eigenvalue weighted by molar-refractivity contribution is 0.283. The topological polar surface area (TPSA) is 32.3 Å². The number of rotatable bonds is 8. The lowest BCUT2D eigenvalue weighted by Gasteiger charge is -2.05. The first kappa shape index (κ1) is 13.1. The molecule has 0 amide bonds. The molecular formula is C13H20FNO. The van der Waals surface area contributed by atoms with Crippen LogP contribution in [-0.2, 0) is 6.42 Å². The van der Waals surface area contributed by atoms with Crippen LogP contribution in [0.3, 0.4) is 0 Å². The Hall–Kier alpha value is -0.930. The van der Waals surface area contributed by atoms with Gasteiger partial charge in [0, 0.05) is 6.61 Å². The number of aliphatic hydroxyl groups is 1. The van der Waals surface area contributed by atoms with Crippen LogP contribution in [-0.4, -0.2) is 24.8 Å². The summed E-state index contributed by atoms with van der Waals surface area (Å²) >= 11 is 0. The third-order valence-electron chi connectivity index (χ3n) is 2.54. The van der Waals surface area contributed by atoms with Crippen molar-refractivity contribution in [1.82, 2.24) is 5.32 Å². The van der Waals surface area contributed by atoms with Gasteiger partial charge >= 0.3 is 0 Å². The Balaban J connectivity index is 2.05. The summed E-state index contributed by atoms with van der Waals surface area (Å²) in [4.78, 5) is 0. The van der Waals surface area contributed by atoms with Gasteiger partial charge in [-0.1, -0.05) is 18.2 Å². The first-order valence-electron chi connectivity index (χ1n) is 5.89. The normalized spacial score (nSPS) is 10.6. The van der Waals surface area contributed by atoms with E-state index in [1.807, 2.05) is 12.1 Å². The summed E-state index contributed by atoms with van der Waals surface area (Å²) in [5.41, 5.74) is 0.769. The minimum absolute atomic E-state index is 0.121. The third-order valence-corrected chi connectivity index (χ3v) is 2.54. The van der Waals surface area contributed by atoms with E-state index in [1.54, 1.807) is 6.07 Å². The average Bonchev–Trinajstić information content (AvgIpc) is 2.30. The molecule has 0 saturated carbocycles. The van der Waals surface area contributed by atoms with Crippen molar-refractivity contribution in [2.75, 3.05) is 19.7 Å². The molecule has 1 aromatic rings. The van der Waals surface area contributed by atoms with E-state index in [4.69, 9.17) is 5.11 Å². The van der Waals surface area contributed by atoms with Crippen LogP contribution >= 0.6 is 0 Å². The van der Waals surface area contributed by atoms with Crippen molar-refractivity contribution in [3.63, 3.8) is 0 Å². The van der Waals surface area contributed by atoms with Gasteiger partial charge in [0.15, 0.2) is 0 Å². The summed E-state index contributed by atoms with van der Waals surface area (Å²) in [7, 11) is 0. The Labute approximate surface area is 96.5 Å². The van der Waals surface area contributed by atoms with Gasteiger partial charge in [-0.3, -0.25) is 0 Å². The van der Waals surface area contributed by atoms with Crippen LogP contribution in [0, 0.1) is 5.82 Å². The summed E-state index contributed by atoms with van der Waals surface area (Å²) in [6, 6.07) is 6.89. The molecule has 0 bridgehead atoms. The molecule has 0 saturated heterocycles. The van der Waals surface area contributed by atoms with Crippen LogP contribution in [0.25, 0.3) is 0 Å². The quantitative estimate of drug-likeness (QED) is 0.664. The number of aliphatic hydroxyl groups excluding tert-OH is 1. The minimum atomic E-state index is -0.121. The molecule has 1 aromatic carbocycles. The molecule has 3 heteroatoms. The largest absolute Gasteiger partial charge is 0.396 e. The molecule has 0 aliphatic heterocycles. The molecule has 0 aliphatic rings. The molecular weight excluding hydrogens is 205 g/mol. The maximum Gasteiger partial charge on any atom is 0.126 e. The zero-order valence-electron chi connectivity index (χ0n) is 9.58. The number of unbranched alkanes of at least 4 members (excludes halogenated alkanes) is 2. The molecule has 0 heterocycles. The second-order valence-electron chi connectivity index (χ2n) is 3.88. The molecule has 16 heavy (non-hydrogen) atoms. The van der Waals surface area contributed by atoms with Crippen molar-refractivity contribution in [2.24, 2.45) is 0 Å². The second kappa shape index (κ2) is 8.25. The molecule has 0 radical (unpaired) electrons. The van der Waals surface area contributed by atoms with Crippen molar-refractivity contribution in [2.45, 2.75) is 25.7 Å². The van der Waals surface area contributed by atoms with E-state index in [1.165, 1.54) is 6.07 Å². The van der Waals surface area contributed by atoms with Gasteiger partial charge < -0.3 is 10.4 Å². The molecule has 0 atom stereocenters. The van der Waals surface area contributed by atoms with Gasteiger partial charge in [-0.15, -0.1) is 0 Å². The Morgan fingerprint density at radius 2 is 1.88 bits per heavy atom. The maximum atomic E-state index is 13.2. The molecule has 0 spiro atoms. The van der Waals surface area contributed by atoms with E-state index in [9.17, 15) is 4.39 Å². The van der Waals surface area contributed by atoms with E-state index in [0.717, 1.165) is 44.3 Å². The average molecular weight is 225 g/mol. The number of nitrogens with one attached hydrogen (secondary N) is 1. The van der Waals surface area contributed by atoms with E-state index in [-0.39, 0.29) is 12.4 Å². The van der Waals surface area contributed by atoms with Crippen molar-refractivity contribution in [3.8, 4) is 0 Å². The van der Waals surface area contributed by atoms with E-state index in [2.05, 4.69) is 5.32 Å². The fourth-order valence-corrected chi connectivity index (χ4v) is 1.59. The number of hydrogen-bond acceptors (Lipinski definition) is 2. The summed E-state index contributed by atoms with van der Waals surface area (Å²) in [6.45, 7) is 2.02. The van der Waals surface area contributed by atoms with Crippen LogP contribution in [0.2, 0.25) is 0 Å². The highest BCUT2D eigenvalue weighted by atomic mass is 19.1. The Bertz CT molecular complexity index is 291.